The van der Waals surface area contributed by atoms with Crippen molar-refractivity contribution in [1.82, 2.24) is 10.3 Å². The minimum Gasteiger partial charge on any atom is -0.443 e. The van der Waals surface area contributed by atoms with Crippen LogP contribution in [-0.4, -0.2) is 24.7 Å². The van der Waals surface area contributed by atoms with Crippen LogP contribution in [0.15, 0.2) is 10.6 Å². The highest BCUT2D eigenvalue weighted by Gasteiger charge is 2.28. The maximum absolute atomic E-state index is 5.71. The zero-order valence-electron chi connectivity index (χ0n) is 10.0. The monoisotopic (exact) mass is 224 g/mol. The van der Waals surface area contributed by atoms with Gasteiger partial charge in [0.05, 0.1) is 6.20 Å². The molecule has 2 atom stereocenters. The maximum atomic E-state index is 5.71. The molecule has 1 aromatic rings. The van der Waals surface area contributed by atoms with Crippen LogP contribution in [-0.2, 0) is 11.2 Å². The van der Waals surface area contributed by atoms with E-state index < -0.39 is 0 Å². The van der Waals surface area contributed by atoms with Crippen LogP contribution in [0.5, 0.6) is 0 Å². The van der Waals surface area contributed by atoms with Gasteiger partial charge in [0.1, 0.15) is 6.10 Å². The Balaban J connectivity index is 1.91. The predicted octanol–water partition coefficient (Wildman–Crippen LogP) is 1.92. The minimum absolute atomic E-state index is 0.111. The average molecular weight is 224 g/mol. The summed E-state index contributed by atoms with van der Waals surface area (Å²) in [6, 6.07) is 0. The third-order valence-electron chi connectivity index (χ3n) is 3.00. The van der Waals surface area contributed by atoms with Gasteiger partial charge in [0.2, 0.25) is 0 Å². The molecule has 2 unspecified atom stereocenters. The number of nitrogens with zero attached hydrogens (tertiary/aromatic N) is 1. The molecular formula is C12H20N2O2. The van der Waals surface area contributed by atoms with Crippen molar-refractivity contribution in [3.63, 3.8) is 0 Å². The summed E-state index contributed by atoms with van der Waals surface area (Å²) in [6.45, 7) is 7.01. The number of hydrogen-bond acceptors (Lipinski definition) is 4. The van der Waals surface area contributed by atoms with E-state index in [1.54, 1.807) is 0 Å². The van der Waals surface area contributed by atoms with E-state index in [0.29, 0.717) is 5.92 Å². The maximum Gasteiger partial charge on any atom is 0.195 e. The highest BCUT2D eigenvalue weighted by atomic mass is 16.5. The molecule has 4 nitrogen and oxygen atoms in total. The highest BCUT2D eigenvalue weighted by molar-refractivity contribution is 5.01. The second-order valence-electron chi connectivity index (χ2n) is 4.32. The van der Waals surface area contributed by atoms with E-state index in [9.17, 15) is 0 Å². The average Bonchev–Trinajstić information content (AvgIpc) is 2.87. The van der Waals surface area contributed by atoms with Crippen molar-refractivity contribution in [2.24, 2.45) is 5.92 Å². The molecule has 2 rings (SSSR count). The van der Waals surface area contributed by atoms with E-state index >= 15 is 0 Å². The third-order valence-corrected chi connectivity index (χ3v) is 3.00. The number of nitrogens with one attached hydrogen (secondary N) is 1. The quantitative estimate of drug-likeness (QED) is 0.776. The molecule has 1 N–H and O–H groups in total. The Morgan fingerprint density at radius 2 is 2.44 bits per heavy atom. The molecule has 0 spiro atoms. The molecule has 0 aromatic carbocycles. The van der Waals surface area contributed by atoms with Crippen molar-refractivity contribution in [2.75, 3.05) is 19.7 Å². The van der Waals surface area contributed by atoms with Gasteiger partial charge in [-0.1, -0.05) is 13.8 Å². The van der Waals surface area contributed by atoms with Crippen LogP contribution in [0.25, 0.3) is 0 Å². The SMILES string of the molecule is CCNCCc1ncc(C2OCCC2C)o1. The molecule has 1 aliphatic rings. The summed E-state index contributed by atoms with van der Waals surface area (Å²) in [5, 5.41) is 3.25. The van der Waals surface area contributed by atoms with Gasteiger partial charge < -0.3 is 14.5 Å². The Bertz CT molecular complexity index is 325. The summed E-state index contributed by atoms with van der Waals surface area (Å²) in [5.41, 5.74) is 0. The van der Waals surface area contributed by atoms with E-state index in [1.165, 1.54) is 0 Å². The summed E-state index contributed by atoms with van der Waals surface area (Å²) in [6.07, 6.45) is 3.88. The molecule has 1 saturated heterocycles. The van der Waals surface area contributed by atoms with Crippen LogP contribution in [0.4, 0.5) is 0 Å². The first-order valence-electron chi connectivity index (χ1n) is 6.08. The number of aromatic nitrogens is 1. The van der Waals surface area contributed by atoms with E-state index in [2.05, 4.69) is 24.1 Å². The normalized spacial score (nSPS) is 25.1. The second kappa shape index (κ2) is 5.46. The zero-order chi connectivity index (χ0) is 11.4. The first kappa shape index (κ1) is 11.6. The molecule has 90 valence electrons. The van der Waals surface area contributed by atoms with E-state index in [4.69, 9.17) is 9.15 Å². The van der Waals surface area contributed by atoms with Gasteiger partial charge in [-0.3, -0.25) is 0 Å². The first-order valence-corrected chi connectivity index (χ1v) is 6.08. The lowest BCUT2D eigenvalue weighted by Crippen LogP contribution is -2.16. The Hall–Kier alpha value is -0.870. The molecule has 0 saturated carbocycles. The summed E-state index contributed by atoms with van der Waals surface area (Å²) < 4.78 is 11.3. The van der Waals surface area contributed by atoms with Gasteiger partial charge in [-0.2, -0.15) is 0 Å². The topological polar surface area (TPSA) is 47.3 Å². The Labute approximate surface area is 96.4 Å². The van der Waals surface area contributed by atoms with Crippen molar-refractivity contribution in [1.29, 1.82) is 0 Å². The highest BCUT2D eigenvalue weighted by Crippen LogP contribution is 2.34. The van der Waals surface area contributed by atoms with Gasteiger partial charge in [-0.25, -0.2) is 4.98 Å². The number of oxazole rings is 1. The van der Waals surface area contributed by atoms with Crippen LogP contribution in [0.3, 0.4) is 0 Å². The molecule has 16 heavy (non-hydrogen) atoms. The number of likely N-dealkylation sites (N-methyl/N-ethyl adjacent to an activating group) is 1. The Kier molecular flexibility index (Phi) is 3.96. The number of hydrogen-bond donors (Lipinski definition) is 1. The van der Waals surface area contributed by atoms with Crippen LogP contribution >= 0.6 is 0 Å². The molecular weight excluding hydrogens is 204 g/mol. The summed E-state index contributed by atoms with van der Waals surface area (Å²) in [7, 11) is 0. The zero-order valence-corrected chi connectivity index (χ0v) is 10.0. The fraction of sp³-hybridized carbons (Fsp3) is 0.750. The van der Waals surface area contributed by atoms with Crippen molar-refractivity contribution in [2.45, 2.75) is 32.8 Å². The molecule has 1 fully saturated rings. The largest absolute Gasteiger partial charge is 0.443 e. The molecule has 0 bridgehead atoms. The van der Waals surface area contributed by atoms with Gasteiger partial charge in [0, 0.05) is 19.6 Å². The summed E-state index contributed by atoms with van der Waals surface area (Å²) in [5.74, 6) is 2.23. The van der Waals surface area contributed by atoms with Crippen molar-refractivity contribution in [3.8, 4) is 0 Å². The van der Waals surface area contributed by atoms with Crippen molar-refractivity contribution >= 4 is 0 Å². The summed E-state index contributed by atoms with van der Waals surface area (Å²) >= 11 is 0. The molecule has 1 aromatic heterocycles. The minimum atomic E-state index is 0.111. The lowest BCUT2D eigenvalue weighted by Gasteiger charge is -2.10. The van der Waals surface area contributed by atoms with Crippen molar-refractivity contribution in [3.05, 3.63) is 17.8 Å². The van der Waals surface area contributed by atoms with Gasteiger partial charge >= 0.3 is 0 Å². The lowest BCUT2D eigenvalue weighted by atomic mass is 10.0. The molecule has 1 aliphatic heterocycles. The first-order chi connectivity index (χ1) is 7.81. The smallest absolute Gasteiger partial charge is 0.195 e. The fourth-order valence-electron chi connectivity index (χ4n) is 2.00. The third kappa shape index (κ3) is 2.62. The molecule has 0 radical (unpaired) electrons. The lowest BCUT2D eigenvalue weighted by molar-refractivity contribution is 0.0749. The fourth-order valence-corrected chi connectivity index (χ4v) is 2.00. The van der Waals surface area contributed by atoms with Gasteiger partial charge in [0.25, 0.3) is 0 Å². The van der Waals surface area contributed by atoms with Crippen LogP contribution < -0.4 is 5.32 Å². The van der Waals surface area contributed by atoms with Crippen molar-refractivity contribution < 1.29 is 9.15 Å². The number of rotatable bonds is 5. The standard InChI is InChI=1S/C12H20N2O2/c1-3-13-6-4-11-14-8-10(16-11)12-9(2)5-7-15-12/h8-9,12-13H,3-7H2,1-2H3. The van der Waals surface area contributed by atoms with Crippen LogP contribution in [0.1, 0.15) is 38.0 Å². The predicted molar refractivity (Wildman–Crippen MR) is 61.2 cm³/mol. The van der Waals surface area contributed by atoms with Gasteiger partial charge in [0.15, 0.2) is 11.7 Å². The molecule has 0 aliphatic carbocycles. The molecule has 0 amide bonds. The van der Waals surface area contributed by atoms with Gasteiger partial charge in [-0.05, 0) is 18.9 Å². The Morgan fingerprint density at radius 3 is 3.12 bits per heavy atom. The van der Waals surface area contributed by atoms with Crippen LogP contribution in [0.2, 0.25) is 0 Å². The van der Waals surface area contributed by atoms with E-state index in [-0.39, 0.29) is 6.10 Å². The van der Waals surface area contributed by atoms with E-state index in [0.717, 1.165) is 44.2 Å². The van der Waals surface area contributed by atoms with E-state index in [1.807, 2.05) is 6.20 Å². The van der Waals surface area contributed by atoms with Crippen LogP contribution in [0, 0.1) is 5.92 Å². The molecule has 4 heteroatoms. The van der Waals surface area contributed by atoms with Gasteiger partial charge in [-0.15, -0.1) is 0 Å². The number of ether oxygens (including phenoxy) is 1. The molecule has 2 heterocycles. The second-order valence-corrected chi connectivity index (χ2v) is 4.32. The Morgan fingerprint density at radius 1 is 1.56 bits per heavy atom. The summed E-state index contributed by atoms with van der Waals surface area (Å²) in [4.78, 5) is 4.28.